The van der Waals surface area contributed by atoms with Crippen molar-refractivity contribution in [1.82, 2.24) is 0 Å². The Morgan fingerprint density at radius 1 is 0.442 bits per heavy atom. The van der Waals surface area contributed by atoms with Crippen LogP contribution in [0.2, 0.25) is 26.2 Å². The summed E-state index contributed by atoms with van der Waals surface area (Å²) < 4.78 is 0. The van der Waals surface area contributed by atoms with Crippen molar-refractivity contribution < 1.29 is 51.0 Å². The molecule has 222 valence electrons. The first-order valence-electron chi connectivity index (χ1n) is 14.9. The summed E-state index contributed by atoms with van der Waals surface area (Å²) in [5.41, 5.74) is 11.8. The Labute approximate surface area is 304 Å². The van der Waals surface area contributed by atoms with Gasteiger partial charge in [-0.2, -0.15) is 0 Å². The molecule has 0 aromatic heterocycles. The van der Waals surface area contributed by atoms with E-state index in [2.05, 4.69) is 115 Å². The summed E-state index contributed by atoms with van der Waals surface area (Å²) in [6.45, 7) is 18.6. The average molecular weight is 787 g/mol. The molecule has 0 bridgehead atoms. The first-order chi connectivity index (χ1) is 19.2. The maximum Gasteiger partial charge on any atom is 2.00 e. The molecule has 0 N–H and O–H groups in total. The van der Waals surface area contributed by atoms with E-state index in [9.17, 15) is 0 Å². The zero-order valence-electron chi connectivity index (χ0n) is 26.8. The second kappa shape index (κ2) is 16.9. The van der Waals surface area contributed by atoms with Gasteiger partial charge in [-0.15, -0.1) is 0 Å². The quantitative estimate of drug-likeness (QED) is 0.241. The van der Waals surface area contributed by atoms with E-state index in [1.54, 1.807) is 20.7 Å². The van der Waals surface area contributed by atoms with Gasteiger partial charge in [-0.05, 0) is 107 Å². The average Bonchev–Trinajstić information content (AvgIpc) is 3.70. The van der Waals surface area contributed by atoms with Crippen molar-refractivity contribution >= 4 is 97.0 Å². The van der Waals surface area contributed by atoms with Gasteiger partial charge in [-0.3, -0.25) is 0 Å². The molecule has 0 unspecified atom stereocenters. The maximum absolute atomic E-state index is 2.47. The third-order valence-electron chi connectivity index (χ3n) is 8.20. The molecule has 2 aromatic carbocycles. The van der Waals surface area contributed by atoms with Gasteiger partial charge >= 0.3 is 26.2 Å². The third-order valence-corrected chi connectivity index (χ3v) is 15.7. The van der Waals surface area contributed by atoms with Crippen LogP contribution in [-0.4, -0.2) is 48.7 Å². The first kappa shape index (κ1) is 38.7. The Hall–Kier alpha value is -0.449. The molecule has 2 aliphatic heterocycles. The maximum atomic E-state index is 2.47. The molecular formula is C34H42Cl2P2Si4Zr. The van der Waals surface area contributed by atoms with E-state index in [-0.39, 0.29) is 89.1 Å². The number of benzene rings is 2. The van der Waals surface area contributed by atoms with Crippen LogP contribution in [0, 0.1) is 0 Å². The predicted molar refractivity (Wildman–Crippen MR) is 202 cm³/mol. The molecule has 9 heteroatoms. The van der Waals surface area contributed by atoms with Gasteiger partial charge in [0.2, 0.25) is 0 Å². The zero-order chi connectivity index (χ0) is 28.6. The first-order valence-corrected chi connectivity index (χ1v) is 25.2. The summed E-state index contributed by atoms with van der Waals surface area (Å²) in [5.74, 6) is 0. The minimum atomic E-state index is -0.0769. The Morgan fingerprint density at radius 2 is 0.744 bits per heavy atom. The van der Waals surface area contributed by atoms with E-state index in [1.165, 1.54) is 82.2 Å². The van der Waals surface area contributed by atoms with Crippen LogP contribution in [0.25, 0.3) is 11.1 Å². The topological polar surface area (TPSA) is 0 Å². The molecule has 6 rings (SSSR count). The van der Waals surface area contributed by atoms with E-state index < -0.39 is 0 Å². The zero-order valence-corrected chi connectivity index (χ0v) is 38.2. The van der Waals surface area contributed by atoms with Crippen molar-refractivity contribution in [2.75, 3.05) is 0 Å². The fourth-order valence-electron chi connectivity index (χ4n) is 5.96. The molecular weight excluding hydrogens is 745 g/mol. The summed E-state index contributed by atoms with van der Waals surface area (Å²) in [6, 6.07) is 14.7. The van der Waals surface area contributed by atoms with E-state index >= 15 is 0 Å². The number of fused-ring (bicyclic) bond motifs is 2. The van der Waals surface area contributed by atoms with Crippen molar-refractivity contribution in [2.24, 2.45) is 0 Å². The SMILES string of the molecule is C[SiH2]c1cc([SiH2]C)cc(C2=CC(C)=C3P=C(C)C=C23)c1.C[SiH2]c1cc([SiH2]C)cc(C2=CC(C)=C3P=C(C)C=C23)c1.[Cl-].[Cl-].[Zr+2]. The molecule has 0 saturated carbocycles. The summed E-state index contributed by atoms with van der Waals surface area (Å²) >= 11 is 0. The molecule has 0 saturated heterocycles. The van der Waals surface area contributed by atoms with Crippen molar-refractivity contribution in [1.29, 1.82) is 0 Å². The van der Waals surface area contributed by atoms with Crippen LogP contribution in [0.15, 0.2) is 93.6 Å². The predicted octanol–water partition coefficient (Wildman–Crippen LogP) is -1.75. The molecule has 0 nitrogen and oxygen atoms in total. The number of hydrogen-bond acceptors (Lipinski definition) is 0. The van der Waals surface area contributed by atoms with Crippen LogP contribution in [0.1, 0.15) is 38.8 Å². The van der Waals surface area contributed by atoms with Gasteiger partial charge in [-0.25, -0.2) is 0 Å². The molecule has 0 spiro atoms. The minimum absolute atomic E-state index is 0. The Bertz CT molecular complexity index is 1510. The number of hydrogen-bond donors (Lipinski definition) is 0. The van der Waals surface area contributed by atoms with E-state index in [4.69, 9.17) is 0 Å². The normalized spacial score (nSPS) is 17.8. The van der Waals surface area contributed by atoms with Crippen LogP contribution >= 0.6 is 16.4 Å². The summed E-state index contributed by atoms with van der Waals surface area (Å²) in [5, 5.41) is 12.5. The van der Waals surface area contributed by atoms with Crippen molar-refractivity contribution in [2.45, 2.75) is 53.9 Å². The van der Waals surface area contributed by atoms with Crippen LogP contribution in [0.3, 0.4) is 0 Å². The summed E-state index contributed by atoms with van der Waals surface area (Å²) in [4.78, 5) is 0. The van der Waals surface area contributed by atoms with Gasteiger partial charge in [0.05, 0.1) is 38.1 Å². The number of rotatable bonds is 6. The van der Waals surface area contributed by atoms with Gasteiger partial charge in [0.1, 0.15) is 0 Å². The van der Waals surface area contributed by atoms with Gasteiger partial charge in [0.15, 0.2) is 0 Å². The monoisotopic (exact) mass is 784 g/mol. The van der Waals surface area contributed by atoms with Crippen LogP contribution in [0.4, 0.5) is 0 Å². The Morgan fingerprint density at radius 3 is 1.02 bits per heavy atom. The van der Waals surface area contributed by atoms with Crippen LogP contribution in [-0.2, 0) is 26.2 Å². The molecule has 0 fully saturated rings. The second-order valence-electron chi connectivity index (χ2n) is 11.3. The Kier molecular flexibility index (Phi) is 15.2. The molecule has 2 aromatic rings. The molecule has 2 aliphatic carbocycles. The van der Waals surface area contributed by atoms with E-state index in [1.807, 2.05) is 0 Å². The van der Waals surface area contributed by atoms with Crippen LogP contribution < -0.4 is 45.6 Å². The summed E-state index contributed by atoms with van der Waals surface area (Å²) in [6.07, 6.45) is 9.58. The number of allylic oxidation sites excluding steroid dienone is 12. The molecule has 43 heavy (non-hydrogen) atoms. The molecule has 0 atom stereocenters. The molecule has 2 heterocycles. The van der Waals surface area contributed by atoms with Gasteiger partial charge < -0.3 is 24.8 Å². The molecule has 0 radical (unpaired) electrons. The third kappa shape index (κ3) is 8.48. The van der Waals surface area contributed by atoms with E-state index in [0.717, 1.165) is 0 Å². The largest absolute Gasteiger partial charge is 2.00 e. The number of halogens is 2. The molecule has 4 aliphatic rings. The van der Waals surface area contributed by atoms with E-state index in [0.29, 0.717) is 0 Å². The fraction of sp³-hybridized carbons (Fsp3) is 0.235. The van der Waals surface area contributed by atoms with Gasteiger partial charge in [0, 0.05) is 10.6 Å². The second-order valence-corrected chi connectivity index (χ2v) is 20.1. The summed E-state index contributed by atoms with van der Waals surface area (Å²) in [7, 11) is 2.52. The van der Waals surface area contributed by atoms with Crippen LogP contribution in [0.5, 0.6) is 0 Å². The van der Waals surface area contributed by atoms with Gasteiger partial charge in [0.25, 0.3) is 0 Å². The van der Waals surface area contributed by atoms with Crippen molar-refractivity contribution in [3.8, 4) is 0 Å². The molecule has 0 amide bonds. The van der Waals surface area contributed by atoms with Crippen molar-refractivity contribution in [3.63, 3.8) is 0 Å². The van der Waals surface area contributed by atoms with Gasteiger partial charge in [-0.1, -0.05) is 99.7 Å². The van der Waals surface area contributed by atoms with Crippen molar-refractivity contribution in [3.05, 3.63) is 105 Å². The standard InChI is InChI=1S/2C17H21PSi2.2ClH.Zr/c2*1-10-5-15(16-6-11(2)18-17(10)16)12-7-13(19-3)9-14(8-12)20-4;;;/h2*5-9H,19-20H2,1-4H3;2*1H;/q;;;;+2/p-2. The Balaban J connectivity index is 0.000000281. The minimum Gasteiger partial charge on any atom is -1.00 e. The smallest absolute Gasteiger partial charge is 1.00 e. The fourth-order valence-corrected chi connectivity index (χ4v) is 12.3.